The first-order valence-corrected chi connectivity index (χ1v) is 12.2. The third-order valence-electron chi connectivity index (χ3n) is 5.05. The van der Waals surface area contributed by atoms with Gasteiger partial charge in [0.2, 0.25) is 0 Å². The first kappa shape index (κ1) is 29.8. The molecule has 9 heteroatoms. The fourth-order valence-corrected chi connectivity index (χ4v) is 3.48. The number of benzene rings is 2. The van der Waals surface area contributed by atoms with Crippen molar-refractivity contribution in [2.45, 2.75) is 45.2 Å². The minimum Gasteiger partial charge on any atom is -0.492 e. The van der Waals surface area contributed by atoms with Crippen molar-refractivity contribution >= 4 is 52.7 Å². The van der Waals surface area contributed by atoms with Crippen LogP contribution in [0.1, 0.15) is 33.6 Å². The monoisotopic (exact) mass is 536 g/mol. The van der Waals surface area contributed by atoms with Crippen LogP contribution in [-0.4, -0.2) is 44.7 Å². The second kappa shape index (κ2) is 15.6. The summed E-state index contributed by atoms with van der Waals surface area (Å²) >= 11 is 23.2. The van der Waals surface area contributed by atoms with Crippen LogP contribution >= 0.6 is 46.4 Å². The molecule has 0 spiro atoms. The maximum absolute atomic E-state index is 9.95. The Hall–Kier alpha value is -1.21. The number of hydrogen-bond acceptors (Lipinski definition) is 5. The van der Waals surface area contributed by atoms with Crippen molar-refractivity contribution in [3.8, 4) is 11.5 Å². The van der Waals surface area contributed by atoms with E-state index in [1.54, 1.807) is 30.3 Å². The Labute approximate surface area is 217 Å². The number of aldehydes is 1. The maximum Gasteiger partial charge on any atom is 0.157 e. The molecular formula is C24H32Cl4N2O3. The molecule has 2 N–H and O–H groups in total. The molecule has 0 saturated heterocycles. The van der Waals surface area contributed by atoms with Gasteiger partial charge in [-0.2, -0.15) is 0 Å². The summed E-state index contributed by atoms with van der Waals surface area (Å²) in [6.45, 7) is 8.07. The van der Waals surface area contributed by atoms with Crippen LogP contribution in [0.3, 0.4) is 0 Å². The van der Waals surface area contributed by atoms with E-state index in [1.165, 1.54) is 0 Å². The van der Waals surface area contributed by atoms with Gasteiger partial charge in [0.15, 0.2) is 6.29 Å². The van der Waals surface area contributed by atoms with Crippen LogP contribution < -0.4 is 20.1 Å². The van der Waals surface area contributed by atoms with Crippen LogP contribution in [0, 0.1) is 0 Å². The van der Waals surface area contributed by atoms with Crippen LogP contribution in [0.4, 0.5) is 0 Å². The number of nitrogens with one attached hydrogen (secondary N) is 2. The van der Waals surface area contributed by atoms with Gasteiger partial charge in [-0.25, -0.2) is 0 Å². The van der Waals surface area contributed by atoms with Crippen LogP contribution in [0.2, 0.25) is 20.1 Å². The molecule has 33 heavy (non-hydrogen) atoms. The van der Waals surface area contributed by atoms with Crippen molar-refractivity contribution in [1.29, 1.82) is 0 Å². The van der Waals surface area contributed by atoms with Crippen LogP contribution in [0.25, 0.3) is 0 Å². The summed E-state index contributed by atoms with van der Waals surface area (Å²) in [5.74, 6) is 1.28. The van der Waals surface area contributed by atoms with Crippen molar-refractivity contribution in [1.82, 2.24) is 10.6 Å². The standard InChI is InChI=1S/C16H26Cl2N2O.C8H6Cl2O2/c1-5-16(3,11-12(2)19-4)20-8-9-21-13-6-7-14(17)15(18)10-13;9-7-2-1-6(5-8(7)10)12-4-3-11/h6-7,10,12,19-20H,5,8-9,11H2,1-4H3;1-3,5H,4H2. The Morgan fingerprint density at radius 1 is 0.970 bits per heavy atom. The Morgan fingerprint density at radius 2 is 1.52 bits per heavy atom. The topological polar surface area (TPSA) is 59.6 Å². The van der Waals surface area contributed by atoms with Crippen molar-refractivity contribution in [3.63, 3.8) is 0 Å². The highest BCUT2D eigenvalue weighted by Crippen LogP contribution is 2.27. The number of ether oxygens (including phenoxy) is 2. The maximum atomic E-state index is 9.95. The molecule has 0 aliphatic carbocycles. The molecule has 2 aromatic rings. The highest BCUT2D eigenvalue weighted by atomic mass is 35.5. The third-order valence-corrected chi connectivity index (χ3v) is 6.53. The summed E-state index contributed by atoms with van der Waals surface area (Å²) in [5.41, 5.74) is 0.115. The van der Waals surface area contributed by atoms with Gasteiger partial charge in [0.25, 0.3) is 0 Å². The van der Waals surface area contributed by atoms with Gasteiger partial charge < -0.3 is 20.1 Å². The van der Waals surface area contributed by atoms with Crippen LogP contribution in [-0.2, 0) is 4.79 Å². The van der Waals surface area contributed by atoms with E-state index in [9.17, 15) is 4.79 Å². The molecule has 2 aromatic carbocycles. The number of halogens is 4. The summed E-state index contributed by atoms with van der Waals surface area (Å²) in [7, 11) is 1.99. The van der Waals surface area contributed by atoms with Gasteiger partial charge in [-0.3, -0.25) is 4.79 Å². The molecule has 2 rings (SSSR count). The van der Waals surface area contributed by atoms with Crippen molar-refractivity contribution in [3.05, 3.63) is 56.5 Å². The fourth-order valence-electron chi connectivity index (χ4n) is 2.90. The molecular weight excluding hydrogens is 506 g/mol. The SMILES string of the molecule is CCC(C)(CC(C)NC)NCCOc1ccc(Cl)c(Cl)c1.O=CCOc1ccc(Cl)c(Cl)c1. The molecule has 5 nitrogen and oxygen atoms in total. The molecule has 0 heterocycles. The zero-order valence-electron chi connectivity index (χ0n) is 19.4. The predicted molar refractivity (Wildman–Crippen MR) is 140 cm³/mol. The van der Waals surface area contributed by atoms with E-state index in [-0.39, 0.29) is 12.1 Å². The van der Waals surface area contributed by atoms with Gasteiger partial charge in [0.1, 0.15) is 24.7 Å². The van der Waals surface area contributed by atoms with Crippen LogP contribution in [0.5, 0.6) is 11.5 Å². The van der Waals surface area contributed by atoms with E-state index in [4.69, 9.17) is 55.9 Å². The Morgan fingerprint density at radius 3 is 1.97 bits per heavy atom. The molecule has 2 atom stereocenters. The molecule has 0 amide bonds. The number of rotatable bonds is 12. The third kappa shape index (κ3) is 11.7. The van der Waals surface area contributed by atoms with Gasteiger partial charge >= 0.3 is 0 Å². The molecule has 0 saturated carbocycles. The van der Waals surface area contributed by atoms with Gasteiger partial charge in [-0.05, 0) is 58.0 Å². The lowest BCUT2D eigenvalue weighted by Gasteiger charge is -2.32. The molecule has 0 aliphatic rings. The van der Waals surface area contributed by atoms with Gasteiger partial charge in [0, 0.05) is 30.3 Å². The fraction of sp³-hybridized carbons (Fsp3) is 0.458. The first-order chi connectivity index (χ1) is 15.6. The lowest BCUT2D eigenvalue weighted by molar-refractivity contribution is -0.109. The average Bonchev–Trinajstić information content (AvgIpc) is 2.80. The lowest BCUT2D eigenvalue weighted by atomic mass is 9.91. The summed E-state index contributed by atoms with van der Waals surface area (Å²) in [6, 6.07) is 10.6. The number of carbonyl (C=O) groups excluding carboxylic acids is 1. The van der Waals surface area contributed by atoms with Gasteiger partial charge in [0.05, 0.1) is 20.1 Å². The largest absolute Gasteiger partial charge is 0.492 e. The molecule has 0 fully saturated rings. The van der Waals surface area contributed by atoms with Crippen molar-refractivity contribution in [2.24, 2.45) is 0 Å². The van der Waals surface area contributed by atoms with Gasteiger partial charge in [-0.1, -0.05) is 53.3 Å². The lowest BCUT2D eigenvalue weighted by Crippen LogP contribution is -2.47. The molecule has 0 radical (unpaired) electrons. The van der Waals surface area contributed by atoms with Crippen LogP contribution in [0.15, 0.2) is 36.4 Å². The van der Waals surface area contributed by atoms with E-state index >= 15 is 0 Å². The second-order valence-corrected chi connectivity index (χ2v) is 9.34. The molecule has 2 unspecified atom stereocenters. The zero-order valence-corrected chi connectivity index (χ0v) is 22.4. The number of hydrogen-bond donors (Lipinski definition) is 2. The van der Waals surface area contributed by atoms with E-state index < -0.39 is 0 Å². The number of carbonyl (C=O) groups is 1. The Bertz CT molecular complexity index is 870. The summed E-state index contributed by atoms with van der Waals surface area (Å²) in [6.07, 6.45) is 2.82. The summed E-state index contributed by atoms with van der Waals surface area (Å²) in [4.78, 5) is 9.95. The minimum atomic E-state index is 0.0258. The van der Waals surface area contributed by atoms with E-state index in [0.717, 1.165) is 25.1 Å². The normalized spacial score (nSPS) is 13.3. The summed E-state index contributed by atoms with van der Waals surface area (Å²) in [5, 5.41) is 8.81. The molecule has 0 aromatic heterocycles. The molecule has 184 valence electrons. The van der Waals surface area contributed by atoms with Gasteiger partial charge in [-0.15, -0.1) is 0 Å². The Kier molecular flexibility index (Phi) is 14.1. The minimum absolute atomic E-state index is 0.0258. The van der Waals surface area contributed by atoms with E-state index in [2.05, 4.69) is 31.4 Å². The summed E-state index contributed by atoms with van der Waals surface area (Å²) < 4.78 is 10.7. The van der Waals surface area contributed by atoms with Crippen molar-refractivity contribution in [2.75, 3.05) is 26.8 Å². The predicted octanol–water partition coefficient (Wildman–Crippen LogP) is 6.70. The smallest absolute Gasteiger partial charge is 0.157 e. The van der Waals surface area contributed by atoms with Crippen molar-refractivity contribution < 1.29 is 14.3 Å². The second-order valence-electron chi connectivity index (χ2n) is 7.71. The average molecular weight is 538 g/mol. The molecule has 0 bridgehead atoms. The highest BCUT2D eigenvalue weighted by Gasteiger charge is 2.23. The van der Waals surface area contributed by atoms with E-state index in [1.807, 2.05) is 13.1 Å². The Balaban J connectivity index is 0.000000383. The first-order valence-electron chi connectivity index (χ1n) is 10.7. The van der Waals surface area contributed by atoms with E-state index in [0.29, 0.717) is 44.8 Å². The quantitative estimate of drug-likeness (QED) is 0.233. The molecule has 0 aliphatic heterocycles. The highest BCUT2D eigenvalue weighted by molar-refractivity contribution is 6.42. The zero-order chi connectivity index (χ0) is 24.9.